The lowest BCUT2D eigenvalue weighted by Gasteiger charge is -2.10. The Morgan fingerprint density at radius 3 is 2.33 bits per heavy atom. The van der Waals surface area contributed by atoms with E-state index in [1.54, 1.807) is 17.3 Å². The predicted molar refractivity (Wildman–Crippen MR) is 52.8 cm³/mol. The maximum Gasteiger partial charge on any atom is 0.289 e. The van der Waals surface area contributed by atoms with E-state index in [2.05, 4.69) is 0 Å². The third-order valence-corrected chi connectivity index (χ3v) is 2.05. The molecule has 1 rings (SSSR count). The van der Waals surface area contributed by atoms with Gasteiger partial charge in [-0.05, 0) is 17.9 Å². The highest BCUT2D eigenvalue weighted by Gasteiger charge is 2.06. The van der Waals surface area contributed by atoms with Crippen molar-refractivity contribution in [1.82, 2.24) is 4.90 Å². The van der Waals surface area contributed by atoms with Gasteiger partial charge in [-0.2, -0.15) is 0 Å². The summed E-state index contributed by atoms with van der Waals surface area (Å²) in [7, 11) is 0. The molecule has 1 heterocycles. The zero-order valence-electron chi connectivity index (χ0n) is 6.93. The Morgan fingerprint density at radius 1 is 1.25 bits per heavy atom. The Balaban J connectivity index is 2.57. The average Bonchev–Trinajstić information content (AvgIpc) is 2.32. The summed E-state index contributed by atoms with van der Waals surface area (Å²) in [5.74, 6) is 0.810. The van der Waals surface area contributed by atoms with Gasteiger partial charge in [0.25, 0.3) is 5.24 Å². The van der Waals surface area contributed by atoms with E-state index >= 15 is 0 Å². The first-order valence-electron chi connectivity index (χ1n) is 3.81. The summed E-state index contributed by atoms with van der Waals surface area (Å²) in [6, 6.07) is 0. The van der Waals surface area contributed by atoms with E-state index in [4.69, 9.17) is 0 Å². The Morgan fingerprint density at radius 2 is 1.83 bits per heavy atom. The van der Waals surface area contributed by atoms with Crippen LogP contribution in [0.2, 0.25) is 0 Å². The molecule has 0 fully saturated rings. The lowest BCUT2D eigenvalue weighted by Crippen LogP contribution is -2.14. The molecule has 0 saturated carbocycles. The highest BCUT2D eigenvalue weighted by molar-refractivity contribution is 8.13. The van der Waals surface area contributed by atoms with Crippen molar-refractivity contribution in [1.29, 1.82) is 0 Å². The van der Waals surface area contributed by atoms with E-state index in [9.17, 15) is 4.79 Å². The van der Waals surface area contributed by atoms with Crippen LogP contribution in [0.25, 0.3) is 0 Å². The maximum atomic E-state index is 11.3. The molecule has 0 aromatic rings. The molecular formula is C9H11NOS. The standard InChI is InChI=1S/C9H11NOS/c1-2-12-9(11)10-7-5-3-4-6-8-10/h3-8H,2H2,1H3. The van der Waals surface area contributed by atoms with Crippen LogP contribution in [0.4, 0.5) is 4.79 Å². The highest BCUT2D eigenvalue weighted by atomic mass is 32.2. The molecule has 64 valence electrons. The molecule has 1 aliphatic heterocycles. The normalized spacial score (nSPS) is 14.9. The van der Waals surface area contributed by atoms with Crippen molar-refractivity contribution < 1.29 is 4.79 Å². The maximum absolute atomic E-state index is 11.3. The first kappa shape index (κ1) is 9.13. The van der Waals surface area contributed by atoms with Crippen LogP contribution in [0, 0.1) is 0 Å². The van der Waals surface area contributed by atoms with Gasteiger partial charge in [-0.25, -0.2) is 0 Å². The van der Waals surface area contributed by atoms with Crippen molar-refractivity contribution in [2.45, 2.75) is 6.92 Å². The highest BCUT2D eigenvalue weighted by Crippen LogP contribution is 2.10. The average molecular weight is 181 g/mol. The van der Waals surface area contributed by atoms with E-state index in [0.717, 1.165) is 5.75 Å². The minimum atomic E-state index is 0.0636. The summed E-state index contributed by atoms with van der Waals surface area (Å²) in [4.78, 5) is 12.9. The van der Waals surface area contributed by atoms with E-state index in [-0.39, 0.29) is 5.24 Å². The van der Waals surface area contributed by atoms with Crippen LogP contribution >= 0.6 is 11.8 Å². The molecule has 0 aromatic carbocycles. The van der Waals surface area contributed by atoms with Crippen LogP contribution in [0.5, 0.6) is 0 Å². The van der Waals surface area contributed by atoms with Gasteiger partial charge in [0.2, 0.25) is 0 Å². The molecule has 2 nitrogen and oxygen atoms in total. The molecule has 0 radical (unpaired) electrons. The number of hydrogen-bond donors (Lipinski definition) is 0. The zero-order valence-corrected chi connectivity index (χ0v) is 7.75. The number of nitrogens with zero attached hydrogens (tertiary/aromatic N) is 1. The van der Waals surface area contributed by atoms with Crippen LogP contribution < -0.4 is 0 Å². The van der Waals surface area contributed by atoms with Gasteiger partial charge in [0.1, 0.15) is 0 Å². The minimum Gasteiger partial charge on any atom is -0.286 e. The second-order valence-electron chi connectivity index (χ2n) is 2.17. The first-order valence-corrected chi connectivity index (χ1v) is 4.80. The molecule has 0 saturated heterocycles. The summed E-state index contributed by atoms with van der Waals surface area (Å²) in [6.07, 6.45) is 11.0. The fourth-order valence-electron chi connectivity index (χ4n) is 0.783. The first-order chi connectivity index (χ1) is 5.84. The number of rotatable bonds is 1. The van der Waals surface area contributed by atoms with Crippen LogP contribution in [-0.2, 0) is 0 Å². The van der Waals surface area contributed by atoms with Crippen LogP contribution in [-0.4, -0.2) is 15.9 Å². The Labute approximate surface area is 76.6 Å². The summed E-state index contributed by atoms with van der Waals surface area (Å²) >= 11 is 1.30. The molecule has 12 heavy (non-hydrogen) atoms. The fourth-order valence-corrected chi connectivity index (χ4v) is 1.30. The Bertz CT molecular complexity index is 227. The van der Waals surface area contributed by atoms with Crippen molar-refractivity contribution in [3.8, 4) is 0 Å². The Hall–Kier alpha value is -0.960. The molecule has 3 heteroatoms. The largest absolute Gasteiger partial charge is 0.289 e. The van der Waals surface area contributed by atoms with E-state index in [1.165, 1.54) is 11.8 Å². The molecule has 0 N–H and O–H groups in total. The lowest BCUT2D eigenvalue weighted by atomic mass is 10.5. The van der Waals surface area contributed by atoms with Crippen LogP contribution in [0.3, 0.4) is 0 Å². The smallest absolute Gasteiger partial charge is 0.286 e. The number of thioether (sulfide) groups is 1. The van der Waals surface area contributed by atoms with Crippen molar-refractivity contribution in [2.24, 2.45) is 0 Å². The zero-order chi connectivity index (χ0) is 8.81. The fraction of sp³-hybridized carbons (Fsp3) is 0.222. The summed E-state index contributed by atoms with van der Waals surface area (Å²) in [5, 5.41) is 0.0636. The van der Waals surface area contributed by atoms with Gasteiger partial charge in [-0.1, -0.05) is 30.8 Å². The lowest BCUT2D eigenvalue weighted by molar-refractivity contribution is 0.249. The van der Waals surface area contributed by atoms with E-state index in [1.807, 2.05) is 31.2 Å². The summed E-state index contributed by atoms with van der Waals surface area (Å²) in [5.41, 5.74) is 0. The van der Waals surface area contributed by atoms with Gasteiger partial charge >= 0.3 is 0 Å². The topological polar surface area (TPSA) is 20.3 Å². The number of amides is 1. The van der Waals surface area contributed by atoms with E-state index < -0.39 is 0 Å². The van der Waals surface area contributed by atoms with Crippen LogP contribution in [0.1, 0.15) is 6.92 Å². The molecule has 1 amide bonds. The van der Waals surface area contributed by atoms with Gasteiger partial charge in [-0.15, -0.1) is 0 Å². The number of hydrogen-bond acceptors (Lipinski definition) is 2. The minimum absolute atomic E-state index is 0.0636. The van der Waals surface area contributed by atoms with Crippen molar-refractivity contribution in [3.63, 3.8) is 0 Å². The molecule has 0 aromatic heterocycles. The Kier molecular flexibility index (Phi) is 3.67. The van der Waals surface area contributed by atoms with Gasteiger partial charge in [-0.3, -0.25) is 9.69 Å². The van der Waals surface area contributed by atoms with Gasteiger partial charge in [0, 0.05) is 12.4 Å². The monoisotopic (exact) mass is 181 g/mol. The molecule has 0 bridgehead atoms. The van der Waals surface area contributed by atoms with Crippen LogP contribution in [0.15, 0.2) is 36.7 Å². The quantitative estimate of drug-likeness (QED) is 0.620. The van der Waals surface area contributed by atoms with Crippen molar-refractivity contribution in [3.05, 3.63) is 36.7 Å². The third kappa shape index (κ3) is 2.58. The number of allylic oxidation sites excluding steroid dienone is 4. The molecule has 0 atom stereocenters. The molecule has 1 aliphatic rings. The second-order valence-corrected chi connectivity index (χ2v) is 3.39. The third-order valence-electron chi connectivity index (χ3n) is 1.31. The molecular weight excluding hydrogens is 170 g/mol. The SMILES string of the molecule is CCSC(=O)N1C=CC=CC=C1. The molecule has 0 aliphatic carbocycles. The van der Waals surface area contributed by atoms with Gasteiger partial charge in [0.05, 0.1) is 0 Å². The summed E-state index contributed by atoms with van der Waals surface area (Å²) in [6.45, 7) is 1.96. The van der Waals surface area contributed by atoms with Crippen molar-refractivity contribution >= 4 is 17.0 Å². The van der Waals surface area contributed by atoms with Gasteiger partial charge in [0.15, 0.2) is 0 Å². The predicted octanol–water partition coefficient (Wildman–Crippen LogP) is 2.76. The number of carbonyl (C=O) groups excluding carboxylic acids is 1. The van der Waals surface area contributed by atoms with Gasteiger partial charge < -0.3 is 0 Å². The summed E-state index contributed by atoms with van der Waals surface area (Å²) < 4.78 is 0. The second kappa shape index (κ2) is 4.83. The molecule has 0 spiro atoms. The van der Waals surface area contributed by atoms with E-state index in [0.29, 0.717) is 0 Å². The van der Waals surface area contributed by atoms with Crippen molar-refractivity contribution in [2.75, 3.05) is 5.75 Å². The molecule has 0 unspecified atom stereocenters. The number of carbonyl (C=O) groups is 1.